The van der Waals surface area contributed by atoms with Crippen LogP contribution in [0.4, 0.5) is 0 Å². The highest BCUT2D eigenvalue weighted by molar-refractivity contribution is 6.06. The minimum Gasteiger partial charge on any atom is -0.228 e. The summed E-state index contributed by atoms with van der Waals surface area (Å²) in [4.78, 5) is 10.6. The van der Waals surface area contributed by atoms with E-state index < -0.39 is 0 Å². The lowest BCUT2D eigenvalue weighted by atomic mass is 9.89. The molecular formula is C42H28N2. The van der Waals surface area contributed by atoms with E-state index in [1.165, 1.54) is 27.1 Å². The molecule has 7 aromatic carbocycles. The van der Waals surface area contributed by atoms with Gasteiger partial charge in [0.15, 0.2) is 5.82 Å². The van der Waals surface area contributed by atoms with E-state index in [0.717, 1.165) is 44.8 Å². The molecule has 0 aliphatic carbocycles. The van der Waals surface area contributed by atoms with Gasteiger partial charge in [0.25, 0.3) is 0 Å². The Hall–Kier alpha value is -5.86. The van der Waals surface area contributed by atoms with E-state index in [0.29, 0.717) is 5.82 Å². The van der Waals surface area contributed by atoms with Crippen molar-refractivity contribution in [1.29, 1.82) is 0 Å². The average Bonchev–Trinajstić information content (AvgIpc) is 3.11. The third-order valence-corrected chi connectivity index (χ3v) is 8.30. The lowest BCUT2D eigenvalue weighted by Gasteiger charge is -2.18. The summed E-state index contributed by atoms with van der Waals surface area (Å²) in [6.07, 6.45) is 0. The van der Waals surface area contributed by atoms with Gasteiger partial charge in [-0.25, -0.2) is 9.97 Å². The molecule has 1 aromatic heterocycles. The Labute approximate surface area is 257 Å². The maximum absolute atomic E-state index is 5.29. The molecule has 0 amide bonds. The standard InChI is InChI=1S/C42H28N2/c1-4-14-29(15-5-1)36-26-24-31-17-11-13-23-35(31)41(36)39-28-38(43-42(44-39)33-20-8-3-9-21-33)37-27-25-30-16-10-12-22-34(30)40(37)32-18-6-2-7-19-32/h1-28H. The SMILES string of the molecule is c1ccc(-c2nc(-c3ccc4ccccc4c3-c3ccccc3)cc(-c3c(-c4ccccc4)ccc4ccccc34)n2)cc1. The summed E-state index contributed by atoms with van der Waals surface area (Å²) >= 11 is 0. The van der Waals surface area contributed by atoms with Crippen LogP contribution in [0, 0.1) is 0 Å². The Morgan fingerprint density at radius 1 is 0.318 bits per heavy atom. The monoisotopic (exact) mass is 560 g/mol. The van der Waals surface area contributed by atoms with Crippen molar-refractivity contribution in [3.63, 3.8) is 0 Å². The van der Waals surface area contributed by atoms with Gasteiger partial charge in [0.05, 0.1) is 11.4 Å². The van der Waals surface area contributed by atoms with Crippen LogP contribution in [0.2, 0.25) is 0 Å². The lowest BCUT2D eigenvalue weighted by molar-refractivity contribution is 1.19. The van der Waals surface area contributed by atoms with Crippen molar-refractivity contribution in [3.05, 3.63) is 170 Å². The van der Waals surface area contributed by atoms with Gasteiger partial charge in [-0.05, 0) is 49.9 Å². The number of hydrogen-bond acceptors (Lipinski definition) is 2. The molecule has 1 heterocycles. The zero-order valence-electron chi connectivity index (χ0n) is 24.1. The third kappa shape index (κ3) is 4.63. The zero-order chi connectivity index (χ0) is 29.3. The highest BCUT2D eigenvalue weighted by Crippen LogP contribution is 2.42. The first-order valence-electron chi connectivity index (χ1n) is 14.9. The van der Waals surface area contributed by atoms with Gasteiger partial charge in [-0.3, -0.25) is 0 Å². The summed E-state index contributed by atoms with van der Waals surface area (Å²) in [6.45, 7) is 0. The van der Waals surface area contributed by atoms with Crippen LogP contribution in [0.5, 0.6) is 0 Å². The third-order valence-electron chi connectivity index (χ3n) is 8.30. The Morgan fingerprint density at radius 2 is 0.795 bits per heavy atom. The van der Waals surface area contributed by atoms with Crippen LogP contribution >= 0.6 is 0 Å². The Bertz CT molecular complexity index is 2260. The molecule has 44 heavy (non-hydrogen) atoms. The smallest absolute Gasteiger partial charge is 0.160 e. The second kappa shape index (κ2) is 11.1. The molecule has 0 aliphatic rings. The van der Waals surface area contributed by atoms with Crippen LogP contribution < -0.4 is 0 Å². The Kier molecular flexibility index (Phi) is 6.51. The maximum atomic E-state index is 5.29. The van der Waals surface area contributed by atoms with Gasteiger partial charge in [0, 0.05) is 16.7 Å². The molecule has 0 unspecified atom stereocenters. The normalized spacial score (nSPS) is 11.2. The molecule has 2 nitrogen and oxygen atoms in total. The number of hydrogen-bond donors (Lipinski definition) is 0. The van der Waals surface area contributed by atoms with Crippen molar-refractivity contribution in [2.24, 2.45) is 0 Å². The molecule has 2 heteroatoms. The predicted molar refractivity (Wildman–Crippen MR) is 184 cm³/mol. The fourth-order valence-corrected chi connectivity index (χ4v) is 6.24. The first kappa shape index (κ1) is 25.8. The van der Waals surface area contributed by atoms with Crippen LogP contribution in [-0.2, 0) is 0 Å². The molecule has 0 spiro atoms. The quantitative estimate of drug-likeness (QED) is 0.209. The lowest BCUT2D eigenvalue weighted by Crippen LogP contribution is -1.99. The molecule has 0 radical (unpaired) electrons. The van der Waals surface area contributed by atoms with E-state index in [1.54, 1.807) is 0 Å². The molecule has 0 N–H and O–H groups in total. The van der Waals surface area contributed by atoms with Crippen molar-refractivity contribution >= 4 is 21.5 Å². The Balaban J connectivity index is 1.47. The van der Waals surface area contributed by atoms with Crippen LogP contribution in [0.1, 0.15) is 0 Å². The summed E-state index contributed by atoms with van der Waals surface area (Å²) < 4.78 is 0. The molecular weight excluding hydrogens is 532 g/mol. The van der Waals surface area contributed by atoms with Crippen LogP contribution in [-0.4, -0.2) is 9.97 Å². The number of fused-ring (bicyclic) bond motifs is 2. The van der Waals surface area contributed by atoms with Gasteiger partial charge < -0.3 is 0 Å². The van der Waals surface area contributed by atoms with Gasteiger partial charge in [-0.1, -0.05) is 164 Å². The maximum Gasteiger partial charge on any atom is 0.160 e. The first-order valence-corrected chi connectivity index (χ1v) is 14.9. The number of aromatic nitrogens is 2. The predicted octanol–water partition coefficient (Wildman–Crippen LogP) is 11.1. The summed E-state index contributed by atoms with van der Waals surface area (Å²) in [5, 5.41) is 4.75. The van der Waals surface area contributed by atoms with Gasteiger partial charge in [-0.2, -0.15) is 0 Å². The van der Waals surface area contributed by atoms with Crippen molar-refractivity contribution < 1.29 is 0 Å². The van der Waals surface area contributed by atoms with E-state index in [2.05, 4.69) is 152 Å². The number of nitrogens with zero attached hydrogens (tertiary/aromatic N) is 2. The van der Waals surface area contributed by atoms with E-state index in [4.69, 9.17) is 9.97 Å². The number of benzene rings is 7. The minimum atomic E-state index is 0.706. The van der Waals surface area contributed by atoms with Crippen molar-refractivity contribution in [1.82, 2.24) is 9.97 Å². The van der Waals surface area contributed by atoms with Crippen molar-refractivity contribution in [2.75, 3.05) is 0 Å². The molecule has 8 rings (SSSR count). The van der Waals surface area contributed by atoms with Crippen LogP contribution in [0.3, 0.4) is 0 Å². The van der Waals surface area contributed by atoms with Gasteiger partial charge in [0.1, 0.15) is 0 Å². The summed E-state index contributed by atoms with van der Waals surface area (Å²) in [5.41, 5.74) is 9.61. The first-order chi connectivity index (χ1) is 21.8. The molecule has 0 saturated heterocycles. The average molecular weight is 561 g/mol. The molecule has 0 bridgehead atoms. The zero-order valence-corrected chi connectivity index (χ0v) is 24.1. The molecule has 0 atom stereocenters. The highest BCUT2D eigenvalue weighted by atomic mass is 14.9. The molecule has 8 aromatic rings. The number of rotatable bonds is 5. The fraction of sp³-hybridized carbons (Fsp3) is 0. The van der Waals surface area contributed by atoms with E-state index in [9.17, 15) is 0 Å². The second-order valence-electron chi connectivity index (χ2n) is 11.0. The van der Waals surface area contributed by atoms with Crippen molar-refractivity contribution in [3.8, 4) is 56.2 Å². The van der Waals surface area contributed by atoms with Crippen LogP contribution in [0.15, 0.2) is 170 Å². The molecule has 0 fully saturated rings. The van der Waals surface area contributed by atoms with Gasteiger partial charge in [0.2, 0.25) is 0 Å². The molecule has 206 valence electrons. The van der Waals surface area contributed by atoms with E-state index >= 15 is 0 Å². The largest absolute Gasteiger partial charge is 0.228 e. The van der Waals surface area contributed by atoms with Gasteiger partial charge >= 0.3 is 0 Å². The topological polar surface area (TPSA) is 25.8 Å². The van der Waals surface area contributed by atoms with Gasteiger partial charge in [-0.15, -0.1) is 0 Å². The Morgan fingerprint density at radius 3 is 1.43 bits per heavy atom. The second-order valence-corrected chi connectivity index (χ2v) is 11.0. The van der Waals surface area contributed by atoms with Crippen molar-refractivity contribution in [2.45, 2.75) is 0 Å². The summed E-state index contributed by atoms with van der Waals surface area (Å²) in [6, 6.07) is 59.7. The summed E-state index contributed by atoms with van der Waals surface area (Å²) in [5.74, 6) is 0.706. The summed E-state index contributed by atoms with van der Waals surface area (Å²) in [7, 11) is 0. The van der Waals surface area contributed by atoms with E-state index in [-0.39, 0.29) is 0 Å². The fourth-order valence-electron chi connectivity index (χ4n) is 6.24. The van der Waals surface area contributed by atoms with Crippen LogP contribution in [0.25, 0.3) is 77.7 Å². The van der Waals surface area contributed by atoms with E-state index in [1.807, 2.05) is 18.2 Å². The molecule has 0 saturated carbocycles. The highest BCUT2D eigenvalue weighted by Gasteiger charge is 2.19. The minimum absolute atomic E-state index is 0.706. The molecule has 0 aliphatic heterocycles.